The van der Waals surface area contributed by atoms with Crippen molar-refractivity contribution < 1.29 is 25.2 Å². The van der Waals surface area contributed by atoms with Crippen LogP contribution in [0.3, 0.4) is 0 Å². The molecule has 0 aromatic rings. The molecule has 0 aromatic carbocycles. The largest absolute Gasteiger partial charge is 0.394 e. The number of carbonyl (C=O) groups excluding carboxylic acids is 1. The Labute approximate surface area is 69.2 Å². The second-order valence-corrected chi connectivity index (χ2v) is 2.35. The van der Waals surface area contributed by atoms with E-state index in [-0.39, 0.29) is 6.54 Å². The monoisotopic (exact) mass is 179 g/mol. The third-order valence-electron chi connectivity index (χ3n) is 1.39. The van der Waals surface area contributed by atoms with Gasteiger partial charge in [0.2, 0.25) is 0 Å². The topological polar surface area (TPSA) is 124 Å². The average molecular weight is 179 g/mol. The van der Waals surface area contributed by atoms with Crippen LogP contribution < -0.4 is 5.73 Å². The Morgan fingerprint density at radius 3 is 2.17 bits per heavy atom. The van der Waals surface area contributed by atoms with Gasteiger partial charge >= 0.3 is 0 Å². The molecule has 0 rings (SSSR count). The quantitative estimate of drug-likeness (QED) is 0.299. The third-order valence-corrected chi connectivity index (χ3v) is 1.39. The fraction of sp³-hybridized carbons (Fsp3) is 0.833. The van der Waals surface area contributed by atoms with Crippen LogP contribution in [0.2, 0.25) is 0 Å². The molecule has 6 N–H and O–H groups in total. The number of Topliss-reactive ketones (excluding diaryl/α,β-unsaturated/α-hetero) is 1. The van der Waals surface area contributed by atoms with E-state index in [2.05, 4.69) is 0 Å². The van der Waals surface area contributed by atoms with Crippen LogP contribution in [-0.4, -0.2) is 57.7 Å². The summed E-state index contributed by atoms with van der Waals surface area (Å²) in [5, 5.41) is 34.8. The van der Waals surface area contributed by atoms with E-state index in [9.17, 15) is 4.79 Å². The molecule has 0 radical (unpaired) electrons. The first-order valence-electron chi connectivity index (χ1n) is 3.43. The third kappa shape index (κ3) is 2.84. The van der Waals surface area contributed by atoms with E-state index in [1.54, 1.807) is 0 Å². The van der Waals surface area contributed by atoms with Crippen LogP contribution in [0.5, 0.6) is 0 Å². The van der Waals surface area contributed by atoms with Crippen molar-refractivity contribution >= 4 is 5.78 Å². The van der Waals surface area contributed by atoms with Gasteiger partial charge in [-0.05, 0) is 0 Å². The first-order chi connectivity index (χ1) is 5.54. The molecule has 0 spiro atoms. The molecular weight excluding hydrogens is 166 g/mol. The molecule has 0 fully saturated rings. The molecule has 3 atom stereocenters. The van der Waals surface area contributed by atoms with Gasteiger partial charge in [-0.2, -0.15) is 0 Å². The summed E-state index contributed by atoms with van der Waals surface area (Å²) in [4.78, 5) is 10.8. The molecule has 6 heteroatoms. The first kappa shape index (κ1) is 11.5. The normalized spacial score (nSPS) is 18.4. The molecule has 12 heavy (non-hydrogen) atoms. The van der Waals surface area contributed by atoms with Crippen LogP contribution in [0.4, 0.5) is 0 Å². The van der Waals surface area contributed by atoms with Crippen molar-refractivity contribution in [3.63, 3.8) is 0 Å². The smallest absolute Gasteiger partial charge is 0.193 e. The highest BCUT2D eigenvalue weighted by molar-refractivity contribution is 5.87. The maximum atomic E-state index is 10.8. The summed E-state index contributed by atoms with van der Waals surface area (Å²) in [6.45, 7) is -1.07. The minimum atomic E-state index is -1.78. The Bertz CT molecular complexity index is 151. The Morgan fingerprint density at radius 2 is 1.83 bits per heavy atom. The van der Waals surface area contributed by atoms with E-state index in [1.807, 2.05) is 0 Å². The van der Waals surface area contributed by atoms with Crippen LogP contribution in [0.25, 0.3) is 0 Å². The molecule has 0 aliphatic heterocycles. The number of nitrogens with two attached hydrogens (primary N) is 1. The lowest BCUT2D eigenvalue weighted by Gasteiger charge is -2.16. The fourth-order valence-corrected chi connectivity index (χ4v) is 0.603. The maximum Gasteiger partial charge on any atom is 0.193 e. The van der Waals surface area contributed by atoms with Crippen molar-refractivity contribution in [2.75, 3.05) is 13.2 Å². The Kier molecular flexibility index (Phi) is 4.95. The number of aliphatic hydroxyl groups excluding tert-OH is 4. The van der Waals surface area contributed by atoms with Gasteiger partial charge in [0.1, 0.15) is 18.3 Å². The molecule has 72 valence electrons. The molecule has 0 heterocycles. The first-order valence-corrected chi connectivity index (χ1v) is 3.43. The molecule has 0 aromatic heterocycles. The van der Waals surface area contributed by atoms with E-state index in [0.29, 0.717) is 0 Å². The van der Waals surface area contributed by atoms with Crippen LogP contribution >= 0.6 is 0 Å². The number of carbonyl (C=O) groups is 1. The molecule has 0 aliphatic rings. The maximum absolute atomic E-state index is 10.8. The molecule has 0 bridgehead atoms. The minimum absolute atomic E-state index is 0.325. The predicted octanol–water partition coefficient (Wildman–Crippen LogP) is -3.41. The van der Waals surface area contributed by atoms with Crippen molar-refractivity contribution in [3.8, 4) is 0 Å². The zero-order valence-corrected chi connectivity index (χ0v) is 6.42. The van der Waals surface area contributed by atoms with Gasteiger partial charge in [-0.25, -0.2) is 0 Å². The van der Waals surface area contributed by atoms with Crippen LogP contribution in [0, 0.1) is 0 Å². The summed E-state index contributed by atoms with van der Waals surface area (Å²) in [5.41, 5.74) is 4.93. The van der Waals surface area contributed by atoms with Gasteiger partial charge in [-0.1, -0.05) is 0 Å². The highest BCUT2D eigenvalue weighted by atomic mass is 16.4. The van der Waals surface area contributed by atoms with Crippen LogP contribution in [-0.2, 0) is 4.79 Å². The Hall–Kier alpha value is -0.530. The van der Waals surface area contributed by atoms with Crippen molar-refractivity contribution in [1.82, 2.24) is 0 Å². The lowest BCUT2D eigenvalue weighted by atomic mass is 10.1. The van der Waals surface area contributed by atoms with E-state index in [4.69, 9.17) is 26.2 Å². The van der Waals surface area contributed by atoms with E-state index >= 15 is 0 Å². The van der Waals surface area contributed by atoms with Gasteiger partial charge in [-0.3, -0.25) is 4.79 Å². The van der Waals surface area contributed by atoms with Crippen molar-refractivity contribution in [2.45, 2.75) is 18.3 Å². The number of hydrogen-bond acceptors (Lipinski definition) is 6. The Morgan fingerprint density at radius 1 is 1.33 bits per heavy atom. The second kappa shape index (κ2) is 5.18. The standard InChI is InChI=1S/C6H13NO5/c7-1-3(9)5(11)6(12)4(10)2-8/h3-4,6,8-10,12H,1-2,7H2/t3-,4?,6+/m1/s1. The number of ketones is 1. The summed E-state index contributed by atoms with van der Waals surface area (Å²) in [5.74, 6) is -0.987. The van der Waals surface area contributed by atoms with Crippen molar-refractivity contribution in [1.29, 1.82) is 0 Å². The van der Waals surface area contributed by atoms with E-state index in [1.165, 1.54) is 0 Å². The predicted molar refractivity (Wildman–Crippen MR) is 39.2 cm³/mol. The number of hydrogen-bond donors (Lipinski definition) is 5. The summed E-state index contributed by atoms with van der Waals surface area (Å²) < 4.78 is 0. The van der Waals surface area contributed by atoms with Crippen LogP contribution in [0.1, 0.15) is 0 Å². The van der Waals surface area contributed by atoms with E-state index < -0.39 is 30.7 Å². The summed E-state index contributed by atoms with van der Waals surface area (Å²) in [6, 6.07) is 0. The van der Waals surface area contributed by atoms with Gasteiger partial charge in [0.25, 0.3) is 0 Å². The molecule has 6 nitrogen and oxygen atoms in total. The van der Waals surface area contributed by atoms with Crippen molar-refractivity contribution in [2.24, 2.45) is 5.73 Å². The molecular formula is C6H13NO5. The Balaban J connectivity index is 4.09. The van der Waals surface area contributed by atoms with Gasteiger partial charge in [-0.15, -0.1) is 0 Å². The van der Waals surface area contributed by atoms with Crippen molar-refractivity contribution in [3.05, 3.63) is 0 Å². The average Bonchev–Trinajstić information content (AvgIpc) is 2.12. The van der Waals surface area contributed by atoms with E-state index in [0.717, 1.165) is 0 Å². The SMILES string of the molecule is NC[C@@H](O)C(=O)[C@@H](O)C(O)CO. The van der Waals surface area contributed by atoms with Gasteiger partial charge in [0.15, 0.2) is 5.78 Å². The molecule has 0 aliphatic carbocycles. The van der Waals surface area contributed by atoms with Gasteiger partial charge in [0.05, 0.1) is 6.61 Å². The van der Waals surface area contributed by atoms with Gasteiger partial charge in [0, 0.05) is 6.54 Å². The zero-order chi connectivity index (χ0) is 9.72. The lowest BCUT2D eigenvalue weighted by Crippen LogP contribution is -2.44. The highest BCUT2D eigenvalue weighted by Crippen LogP contribution is 1.97. The molecule has 0 amide bonds. The molecule has 0 saturated carbocycles. The fourth-order valence-electron chi connectivity index (χ4n) is 0.603. The molecule has 0 saturated heterocycles. The highest BCUT2D eigenvalue weighted by Gasteiger charge is 2.27. The number of aliphatic hydroxyl groups is 4. The van der Waals surface area contributed by atoms with Crippen LogP contribution in [0.15, 0.2) is 0 Å². The second-order valence-electron chi connectivity index (χ2n) is 2.35. The van der Waals surface area contributed by atoms with Gasteiger partial charge < -0.3 is 26.2 Å². The molecule has 1 unspecified atom stereocenters. The minimum Gasteiger partial charge on any atom is -0.394 e. The summed E-state index contributed by atoms with van der Waals surface area (Å²) in [7, 11) is 0. The summed E-state index contributed by atoms with van der Waals surface area (Å²) in [6.07, 6.45) is -4.85. The lowest BCUT2D eigenvalue weighted by molar-refractivity contribution is -0.142. The number of rotatable bonds is 5. The summed E-state index contributed by atoms with van der Waals surface area (Å²) >= 11 is 0. The zero-order valence-electron chi connectivity index (χ0n) is 6.42.